The number of nitrogens with zero attached hydrogens (tertiary/aromatic N) is 5. The molecule has 0 aliphatic rings. The Morgan fingerprint density at radius 3 is 2.58 bits per heavy atom. The van der Waals surface area contributed by atoms with Crippen LogP contribution in [0.5, 0.6) is 0 Å². The summed E-state index contributed by atoms with van der Waals surface area (Å²) in [6.07, 6.45) is 0. The summed E-state index contributed by atoms with van der Waals surface area (Å²) < 4.78 is 4.50. The summed E-state index contributed by atoms with van der Waals surface area (Å²) in [5.41, 5.74) is 7.22. The minimum absolute atomic E-state index is 0.867. The fourth-order valence-electron chi connectivity index (χ4n) is 3.61. The molecule has 0 fully saturated rings. The highest BCUT2D eigenvalue weighted by Crippen LogP contribution is 2.23. The summed E-state index contributed by atoms with van der Waals surface area (Å²) in [6, 6.07) is 15.3. The third-order valence-corrected chi connectivity index (χ3v) is 5.13. The first-order valence-electron chi connectivity index (χ1n) is 9.13. The lowest BCUT2D eigenvalue weighted by atomic mass is 10.1. The highest BCUT2D eigenvalue weighted by molar-refractivity contribution is 5.81. The van der Waals surface area contributed by atoms with Crippen molar-refractivity contribution in [1.29, 1.82) is 0 Å². The average molecular weight is 347 g/mol. The molecular weight excluding hydrogens is 322 g/mol. The number of fused-ring (bicyclic) bond motifs is 3. The third-order valence-electron chi connectivity index (χ3n) is 5.13. The van der Waals surface area contributed by atoms with Crippen molar-refractivity contribution in [2.45, 2.75) is 33.9 Å². The van der Waals surface area contributed by atoms with Gasteiger partial charge in [-0.2, -0.15) is 0 Å². The Bertz CT molecular complexity index is 1070. The number of pyridine rings is 1. The lowest BCUT2D eigenvalue weighted by Gasteiger charge is -2.15. The molecule has 5 nitrogen and oxygen atoms in total. The zero-order chi connectivity index (χ0) is 18.3. The second-order valence-electron chi connectivity index (χ2n) is 7.07. The standard InChI is InChI=1S/C21H25N5/c1-5-24(4)13-17-7-6-8-18(12-17)14-25-15(2)11-20-19(25)9-10-21-23-22-16(3)26(20)21/h6-12H,5,13-14H2,1-4H3. The summed E-state index contributed by atoms with van der Waals surface area (Å²) in [4.78, 5) is 2.32. The molecule has 3 aromatic heterocycles. The van der Waals surface area contributed by atoms with Crippen molar-refractivity contribution >= 4 is 16.7 Å². The number of aromatic nitrogens is 4. The molecule has 134 valence electrons. The van der Waals surface area contributed by atoms with Gasteiger partial charge in [0.1, 0.15) is 5.82 Å². The molecule has 0 N–H and O–H groups in total. The molecule has 1 aromatic carbocycles. The highest BCUT2D eigenvalue weighted by atomic mass is 15.2. The average Bonchev–Trinajstić information content (AvgIpc) is 3.16. The van der Waals surface area contributed by atoms with Gasteiger partial charge in [0, 0.05) is 18.8 Å². The van der Waals surface area contributed by atoms with Gasteiger partial charge in [-0.25, -0.2) is 0 Å². The molecule has 0 spiro atoms. The molecule has 0 bridgehead atoms. The first kappa shape index (κ1) is 16.8. The Labute approximate surface area is 153 Å². The largest absolute Gasteiger partial charge is 0.339 e. The minimum atomic E-state index is 0.867. The summed E-state index contributed by atoms with van der Waals surface area (Å²) in [5.74, 6) is 0.923. The van der Waals surface area contributed by atoms with Crippen molar-refractivity contribution in [2.24, 2.45) is 0 Å². The first-order valence-corrected chi connectivity index (χ1v) is 9.13. The van der Waals surface area contributed by atoms with Crippen molar-refractivity contribution in [1.82, 2.24) is 24.1 Å². The van der Waals surface area contributed by atoms with Crippen LogP contribution in [0.15, 0.2) is 42.5 Å². The lowest BCUT2D eigenvalue weighted by molar-refractivity contribution is 0.345. The topological polar surface area (TPSA) is 38.4 Å². The van der Waals surface area contributed by atoms with E-state index in [9.17, 15) is 0 Å². The Morgan fingerprint density at radius 2 is 1.77 bits per heavy atom. The molecule has 0 saturated heterocycles. The van der Waals surface area contributed by atoms with Crippen molar-refractivity contribution in [2.75, 3.05) is 13.6 Å². The van der Waals surface area contributed by atoms with Crippen LogP contribution in [-0.4, -0.2) is 37.7 Å². The fourth-order valence-corrected chi connectivity index (χ4v) is 3.61. The molecule has 0 aliphatic heterocycles. The van der Waals surface area contributed by atoms with E-state index in [0.717, 1.165) is 31.1 Å². The van der Waals surface area contributed by atoms with Crippen LogP contribution in [0.4, 0.5) is 0 Å². The van der Waals surface area contributed by atoms with E-state index in [1.54, 1.807) is 0 Å². The molecule has 0 unspecified atom stereocenters. The zero-order valence-electron chi connectivity index (χ0n) is 15.9. The predicted octanol–water partition coefficient (Wildman–Crippen LogP) is 3.80. The molecule has 0 saturated carbocycles. The molecule has 0 amide bonds. The van der Waals surface area contributed by atoms with Gasteiger partial charge in [-0.1, -0.05) is 31.2 Å². The maximum atomic E-state index is 4.24. The van der Waals surface area contributed by atoms with Crippen LogP contribution < -0.4 is 0 Å². The normalized spacial score (nSPS) is 11.9. The van der Waals surface area contributed by atoms with Crippen LogP contribution in [0.2, 0.25) is 0 Å². The number of benzene rings is 1. The lowest BCUT2D eigenvalue weighted by Crippen LogP contribution is -2.16. The van der Waals surface area contributed by atoms with Crippen LogP contribution in [0.3, 0.4) is 0 Å². The monoisotopic (exact) mass is 347 g/mol. The Morgan fingerprint density at radius 1 is 0.962 bits per heavy atom. The van der Waals surface area contributed by atoms with Crippen LogP contribution in [0, 0.1) is 13.8 Å². The van der Waals surface area contributed by atoms with Crippen molar-refractivity contribution in [3.05, 3.63) is 65.1 Å². The zero-order valence-corrected chi connectivity index (χ0v) is 15.9. The van der Waals surface area contributed by atoms with Gasteiger partial charge in [-0.05, 0) is 56.8 Å². The fraction of sp³-hybridized carbons (Fsp3) is 0.333. The second-order valence-corrected chi connectivity index (χ2v) is 7.07. The SMILES string of the molecule is CCN(C)Cc1cccc(Cn2c(C)cc3c2ccc2nnc(C)n23)c1. The predicted molar refractivity (Wildman–Crippen MR) is 106 cm³/mol. The van der Waals surface area contributed by atoms with E-state index < -0.39 is 0 Å². The first-order chi connectivity index (χ1) is 12.6. The molecular formula is C21H25N5. The van der Waals surface area contributed by atoms with Gasteiger partial charge in [0.25, 0.3) is 0 Å². The smallest absolute Gasteiger partial charge is 0.161 e. The van der Waals surface area contributed by atoms with Crippen molar-refractivity contribution in [3.63, 3.8) is 0 Å². The van der Waals surface area contributed by atoms with Crippen LogP contribution in [0.1, 0.15) is 29.6 Å². The molecule has 26 heavy (non-hydrogen) atoms. The summed E-state index contributed by atoms with van der Waals surface area (Å²) >= 11 is 0. The minimum Gasteiger partial charge on any atom is -0.339 e. The van der Waals surface area contributed by atoms with E-state index >= 15 is 0 Å². The maximum Gasteiger partial charge on any atom is 0.161 e. The Hall–Kier alpha value is -2.66. The van der Waals surface area contributed by atoms with Gasteiger partial charge in [0.05, 0.1) is 11.0 Å². The molecule has 4 rings (SSSR count). The molecule has 3 heterocycles. The quantitative estimate of drug-likeness (QED) is 0.551. The number of aryl methyl sites for hydroxylation is 2. The molecule has 0 atom stereocenters. The second kappa shape index (κ2) is 6.57. The van der Waals surface area contributed by atoms with E-state index in [1.807, 2.05) is 13.0 Å². The van der Waals surface area contributed by atoms with Gasteiger partial charge >= 0.3 is 0 Å². The van der Waals surface area contributed by atoms with Crippen LogP contribution >= 0.6 is 0 Å². The Kier molecular flexibility index (Phi) is 4.24. The van der Waals surface area contributed by atoms with E-state index in [0.29, 0.717) is 0 Å². The molecule has 4 aromatic rings. The van der Waals surface area contributed by atoms with E-state index in [4.69, 9.17) is 0 Å². The van der Waals surface area contributed by atoms with Crippen LogP contribution in [-0.2, 0) is 13.1 Å². The number of rotatable bonds is 5. The van der Waals surface area contributed by atoms with E-state index in [1.165, 1.54) is 27.9 Å². The van der Waals surface area contributed by atoms with Gasteiger partial charge < -0.3 is 9.47 Å². The van der Waals surface area contributed by atoms with E-state index in [2.05, 4.69) is 81.4 Å². The van der Waals surface area contributed by atoms with Crippen molar-refractivity contribution < 1.29 is 0 Å². The van der Waals surface area contributed by atoms with Crippen LogP contribution in [0.25, 0.3) is 16.7 Å². The maximum absolute atomic E-state index is 4.24. The molecule has 0 radical (unpaired) electrons. The molecule has 0 aliphatic carbocycles. The summed E-state index contributed by atoms with van der Waals surface area (Å²) in [5, 5.41) is 8.45. The summed E-state index contributed by atoms with van der Waals surface area (Å²) in [7, 11) is 2.16. The number of hydrogen-bond donors (Lipinski definition) is 0. The van der Waals surface area contributed by atoms with Gasteiger partial charge in [-0.3, -0.25) is 4.40 Å². The van der Waals surface area contributed by atoms with Crippen molar-refractivity contribution in [3.8, 4) is 0 Å². The highest BCUT2D eigenvalue weighted by Gasteiger charge is 2.12. The van der Waals surface area contributed by atoms with E-state index in [-0.39, 0.29) is 0 Å². The number of hydrogen-bond acceptors (Lipinski definition) is 3. The third kappa shape index (κ3) is 2.88. The Balaban J connectivity index is 1.74. The van der Waals surface area contributed by atoms with Gasteiger partial charge in [0.2, 0.25) is 0 Å². The molecule has 5 heteroatoms. The van der Waals surface area contributed by atoms with Gasteiger partial charge in [-0.15, -0.1) is 10.2 Å². The van der Waals surface area contributed by atoms with Gasteiger partial charge in [0.15, 0.2) is 5.65 Å². The summed E-state index contributed by atoms with van der Waals surface area (Å²) in [6.45, 7) is 9.26.